The van der Waals surface area contributed by atoms with Crippen LogP contribution in [-0.2, 0) is 6.42 Å². The van der Waals surface area contributed by atoms with Crippen molar-refractivity contribution in [2.24, 2.45) is 0 Å². The Kier molecular flexibility index (Phi) is 4.52. The van der Waals surface area contributed by atoms with E-state index in [1.165, 1.54) is 6.07 Å². The standard InChI is InChI=1S/C16H15N3O2/c1-2-4-13-8-12(16(20)21)9-15(18-13)19-14-6-3-5-11(7-14)10-17/h3,5-9H,2,4H2,1H3,(H,18,19)(H,20,21). The summed E-state index contributed by atoms with van der Waals surface area (Å²) in [5, 5.41) is 21.1. The van der Waals surface area contributed by atoms with Crippen molar-refractivity contribution in [3.63, 3.8) is 0 Å². The van der Waals surface area contributed by atoms with Crippen molar-refractivity contribution in [3.8, 4) is 6.07 Å². The molecule has 0 saturated carbocycles. The van der Waals surface area contributed by atoms with E-state index in [2.05, 4.69) is 16.4 Å². The molecular formula is C16H15N3O2. The van der Waals surface area contributed by atoms with E-state index in [9.17, 15) is 4.79 Å². The van der Waals surface area contributed by atoms with E-state index in [-0.39, 0.29) is 5.56 Å². The van der Waals surface area contributed by atoms with Gasteiger partial charge in [-0.05, 0) is 36.8 Å². The molecule has 0 amide bonds. The molecule has 0 fully saturated rings. The average Bonchev–Trinajstić information content (AvgIpc) is 2.47. The number of rotatable bonds is 5. The number of aromatic nitrogens is 1. The van der Waals surface area contributed by atoms with Gasteiger partial charge >= 0.3 is 5.97 Å². The Morgan fingerprint density at radius 3 is 2.86 bits per heavy atom. The molecule has 0 aliphatic carbocycles. The van der Waals surface area contributed by atoms with Gasteiger partial charge in [0.05, 0.1) is 17.2 Å². The average molecular weight is 281 g/mol. The number of nitrogens with zero attached hydrogens (tertiary/aromatic N) is 2. The molecule has 5 heteroatoms. The number of aryl methyl sites for hydroxylation is 1. The first-order chi connectivity index (χ1) is 10.1. The number of carbonyl (C=O) groups is 1. The predicted octanol–water partition coefficient (Wildman–Crippen LogP) is 3.35. The number of benzene rings is 1. The van der Waals surface area contributed by atoms with E-state index in [4.69, 9.17) is 10.4 Å². The minimum absolute atomic E-state index is 0.201. The molecule has 1 aromatic heterocycles. The molecule has 5 nitrogen and oxygen atoms in total. The summed E-state index contributed by atoms with van der Waals surface area (Å²) in [6, 6.07) is 12.1. The first kappa shape index (κ1) is 14.5. The minimum atomic E-state index is -0.983. The van der Waals surface area contributed by atoms with Crippen LogP contribution in [0, 0.1) is 11.3 Å². The van der Waals surface area contributed by atoms with Crippen molar-refractivity contribution in [2.45, 2.75) is 19.8 Å². The number of carboxylic acids is 1. The number of hydrogen-bond acceptors (Lipinski definition) is 4. The second kappa shape index (κ2) is 6.53. The van der Waals surface area contributed by atoms with Crippen molar-refractivity contribution < 1.29 is 9.90 Å². The van der Waals surface area contributed by atoms with Gasteiger partial charge in [0.2, 0.25) is 0 Å². The Labute approximate surface area is 122 Å². The first-order valence-electron chi connectivity index (χ1n) is 6.64. The van der Waals surface area contributed by atoms with Crippen LogP contribution in [0.1, 0.15) is 35.0 Å². The summed E-state index contributed by atoms with van der Waals surface area (Å²) in [7, 11) is 0. The predicted molar refractivity (Wildman–Crippen MR) is 79.6 cm³/mol. The summed E-state index contributed by atoms with van der Waals surface area (Å²) < 4.78 is 0. The van der Waals surface area contributed by atoms with Gasteiger partial charge in [0.25, 0.3) is 0 Å². The number of nitrogens with one attached hydrogen (secondary N) is 1. The molecule has 0 bridgehead atoms. The third-order valence-electron chi connectivity index (χ3n) is 2.90. The minimum Gasteiger partial charge on any atom is -0.478 e. The van der Waals surface area contributed by atoms with Gasteiger partial charge in [0.15, 0.2) is 0 Å². The Morgan fingerprint density at radius 2 is 2.19 bits per heavy atom. The summed E-state index contributed by atoms with van der Waals surface area (Å²) in [6.45, 7) is 2.01. The van der Waals surface area contributed by atoms with E-state index in [0.717, 1.165) is 12.1 Å². The fourth-order valence-corrected chi connectivity index (χ4v) is 1.97. The normalized spacial score (nSPS) is 9.90. The van der Waals surface area contributed by atoms with Crippen molar-refractivity contribution in [2.75, 3.05) is 5.32 Å². The molecule has 106 valence electrons. The molecule has 2 N–H and O–H groups in total. The molecule has 0 unspecified atom stereocenters. The largest absolute Gasteiger partial charge is 0.478 e. The number of nitriles is 1. The molecule has 0 aliphatic rings. The van der Waals surface area contributed by atoms with Crippen molar-refractivity contribution in [1.29, 1.82) is 5.26 Å². The highest BCUT2D eigenvalue weighted by Crippen LogP contribution is 2.18. The molecule has 0 saturated heterocycles. The molecule has 2 rings (SSSR count). The van der Waals surface area contributed by atoms with E-state index in [0.29, 0.717) is 23.5 Å². The third kappa shape index (κ3) is 3.80. The van der Waals surface area contributed by atoms with Crippen LogP contribution in [0.15, 0.2) is 36.4 Å². The Hall–Kier alpha value is -2.87. The van der Waals surface area contributed by atoms with Crippen LogP contribution in [0.4, 0.5) is 11.5 Å². The highest BCUT2D eigenvalue weighted by molar-refractivity contribution is 5.88. The highest BCUT2D eigenvalue weighted by atomic mass is 16.4. The van der Waals surface area contributed by atoms with Gasteiger partial charge in [0, 0.05) is 11.4 Å². The molecule has 0 aliphatic heterocycles. The van der Waals surface area contributed by atoms with Gasteiger partial charge in [-0.3, -0.25) is 0 Å². The molecule has 0 radical (unpaired) electrons. The Morgan fingerprint density at radius 1 is 1.38 bits per heavy atom. The van der Waals surface area contributed by atoms with Gasteiger partial charge in [-0.1, -0.05) is 19.4 Å². The summed E-state index contributed by atoms with van der Waals surface area (Å²) in [5.41, 5.74) is 2.17. The van der Waals surface area contributed by atoms with Gasteiger partial charge in [-0.2, -0.15) is 5.26 Å². The zero-order chi connectivity index (χ0) is 15.2. The van der Waals surface area contributed by atoms with Crippen molar-refractivity contribution in [1.82, 2.24) is 4.98 Å². The van der Waals surface area contributed by atoms with E-state index in [1.54, 1.807) is 30.3 Å². The fourth-order valence-electron chi connectivity index (χ4n) is 1.97. The van der Waals surface area contributed by atoms with Crippen LogP contribution in [-0.4, -0.2) is 16.1 Å². The quantitative estimate of drug-likeness (QED) is 0.877. The van der Waals surface area contributed by atoms with Gasteiger partial charge < -0.3 is 10.4 Å². The topological polar surface area (TPSA) is 86.0 Å². The van der Waals surface area contributed by atoms with Crippen LogP contribution in [0.3, 0.4) is 0 Å². The van der Waals surface area contributed by atoms with Gasteiger partial charge in [-0.15, -0.1) is 0 Å². The second-order valence-electron chi connectivity index (χ2n) is 4.61. The molecular weight excluding hydrogens is 266 g/mol. The zero-order valence-electron chi connectivity index (χ0n) is 11.6. The van der Waals surface area contributed by atoms with Crippen LogP contribution in [0.25, 0.3) is 0 Å². The van der Waals surface area contributed by atoms with Crippen LogP contribution in [0.5, 0.6) is 0 Å². The zero-order valence-corrected chi connectivity index (χ0v) is 11.6. The lowest BCUT2D eigenvalue weighted by molar-refractivity contribution is 0.0696. The molecule has 21 heavy (non-hydrogen) atoms. The van der Waals surface area contributed by atoms with E-state index in [1.807, 2.05) is 6.92 Å². The van der Waals surface area contributed by atoms with Gasteiger partial charge in [0.1, 0.15) is 5.82 Å². The van der Waals surface area contributed by atoms with Crippen molar-refractivity contribution in [3.05, 3.63) is 53.2 Å². The number of anilines is 2. The molecule has 0 spiro atoms. The SMILES string of the molecule is CCCc1cc(C(=O)O)cc(Nc2cccc(C#N)c2)n1. The molecule has 1 aromatic carbocycles. The highest BCUT2D eigenvalue weighted by Gasteiger charge is 2.08. The number of hydrogen-bond donors (Lipinski definition) is 2. The van der Waals surface area contributed by atoms with E-state index >= 15 is 0 Å². The second-order valence-corrected chi connectivity index (χ2v) is 4.61. The summed E-state index contributed by atoms with van der Waals surface area (Å²) in [4.78, 5) is 15.6. The van der Waals surface area contributed by atoms with Gasteiger partial charge in [-0.25, -0.2) is 9.78 Å². The lowest BCUT2D eigenvalue weighted by Gasteiger charge is -2.09. The smallest absolute Gasteiger partial charge is 0.335 e. The number of aromatic carboxylic acids is 1. The fraction of sp³-hybridized carbons (Fsp3) is 0.188. The van der Waals surface area contributed by atoms with Crippen LogP contribution in [0.2, 0.25) is 0 Å². The molecule has 1 heterocycles. The van der Waals surface area contributed by atoms with Crippen molar-refractivity contribution >= 4 is 17.5 Å². The maximum atomic E-state index is 11.2. The summed E-state index contributed by atoms with van der Waals surface area (Å²) in [6.07, 6.45) is 1.60. The van der Waals surface area contributed by atoms with E-state index < -0.39 is 5.97 Å². The third-order valence-corrected chi connectivity index (χ3v) is 2.90. The first-order valence-corrected chi connectivity index (χ1v) is 6.64. The molecule has 2 aromatic rings. The Balaban J connectivity index is 2.34. The number of pyridine rings is 1. The number of carboxylic acid groups (broad SMARTS) is 1. The summed E-state index contributed by atoms with van der Waals surface area (Å²) >= 11 is 0. The molecule has 0 atom stereocenters. The monoisotopic (exact) mass is 281 g/mol. The lowest BCUT2D eigenvalue weighted by atomic mass is 10.1. The lowest BCUT2D eigenvalue weighted by Crippen LogP contribution is -2.04. The maximum absolute atomic E-state index is 11.2. The Bertz CT molecular complexity index is 705. The maximum Gasteiger partial charge on any atom is 0.335 e. The summed E-state index contributed by atoms with van der Waals surface area (Å²) in [5.74, 6) is -0.517. The van der Waals surface area contributed by atoms with Crippen LogP contribution < -0.4 is 5.32 Å². The van der Waals surface area contributed by atoms with Crippen LogP contribution >= 0.6 is 0 Å².